The molecule has 3 N–H and O–H groups in total. The van der Waals surface area contributed by atoms with Crippen LogP contribution in [0.1, 0.15) is 13.3 Å². The molecule has 0 radical (unpaired) electrons. The summed E-state index contributed by atoms with van der Waals surface area (Å²) in [5, 5.41) is 17.9. The zero-order valence-corrected chi connectivity index (χ0v) is 10.7. The molecule has 0 saturated heterocycles. The van der Waals surface area contributed by atoms with Crippen molar-refractivity contribution in [1.82, 2.24) is 0 Å². The SMILES string of the molecule is CCC(Oc1cc([N+](=O)[O-])ccc1Br)C(=N)N. The van der Waals surface area contributed by atoms with Gasteiger partial charge in [-0.05, 0) is 28.4 Å². The number of amidine groups is 1. The zero-order valence-electron chi connectivity index (χ0n) is 9.14. The minimum absolute atomic E-state index is 0.0680. The Balaban J connectivity index is 3.00. The molecule has 0 amide bonds. The number of hydrogen-bond donors (Lipinski definition) is 2. The number of nitrogens with one attached hydrogen (secondary N) is 1. The third-order valence-electron chi connectivity index (χ3n) is 2.11. The van der Waals surface area contributed by atoms with Gasteiger partial charge in [-0.2, -0.15) is 0 Å². The van der Waals surface area contributed by atoms with Gasteiger partial charge in [0.1, 0.15) is 11.6 Å². The maximum Gasteiger partial charge on any atom is 0.273 e. The minimum atomic E-state index is -0.576. The predicted molar refractivity (Wildman–Crippen MR) is 67.4 cm³/mol. The van der Waals surface area contributed by atoms with Crippen LogP contribution in [0.2, 0.25) is 0 Å². The molecule has 0 bridgehead atoms. The van der Waals surface area contributed by atoms with Crippen LogP contribution in [0.4, 0.5) is 5.69 Å². The quantitative estimate of drug-likeness (QED) is 0.377. The van der Waals surface area contributed by atoms with E-state index in [0.717, 1.165) is 0 Å². The minimum Gasteiger partial charge on any atom is -0.481 e. The molecule has 1 aromatic carbocycles. The fourth-order valence-corrected chi connectivity index (χ4v) is 1.56. The van der Waals surface area contributed by atoms with Gasteiger partial charge in [-0.1, -0.05) is 6.92 Å². The molecule has 17 heavy (non-hydrogen) atoms. The van der Waals surface area contributed by atoms with Crippen molar-refractivity contribution in [2.45, 2.75) is 19.4 Å². The Hall–Kier alpha value is -1.63. The lowest BCUT2D eigenvalue weighted by Crippen LogP contribution is -2.32. The van der Waals surface area contributed by atoms with Crippen LogP contribution < -0.4 is 10.5 Å². The number of nitrogens with zero attached hydrogens (tertiary/aromatic N) is 1. The molecule has 0 aliphatic rings. The van der Waals surface area contributed by atoms with Gasteiger partial charge in [-0.15, -0.1) is 0 Å². The van der Waals surface area contributed by atoms with Crippen molar-refractivity contribution >= 4 is 27.5 Å². The van der Waals surface area contributed by atoms with Crippen LogP contribution in [0.3, 0.4) is 0 Å². The summed E-state index contributed by atoms with van der Waals surface area (Å²) >= 11 is 3.23. The summed E-state index contributed by atoms with van der Waals surface area (Å²) in [5.41, 5.74) is 5.28. The van der Waals surface area contributed by atoms with Gasteiger partial charge in [0, 0.05) is 6.07 Å². The van der Waals surface area contributed by atoms with E-state index in [1.165, 1.54) is 18.2 Å². The highest BCUT2D eigenvalue weighted by Gasteiger charge is 2.16. The molecule has 0 heterocycles. The first-order chi connectivity index (χ1) is 7.95. The summed E-state index contributed by atoms with van der Waals surface area (Å²) in [4.78, 5) is 10.1. The van der Waals surface area contributed by atoms with Crippen molar-refractivity contribution in [2.75, 3.05) is 0 Å². The molecule has 0 aliphatic heterocycles. The molecule has 0 spiro atoms. The summed E-state index contributed by atoms with van der Waals surface area (Å²) in [6, 6.07) is 4.20. The summed E-state index contributed by atoms with van der Waals surface area (Å²) in [7, 11) is 0. The maximum atomic E-state index is 10.6. The highest BCUT2D eigenvalue weighted by molar-refractivity contribution is 9.10. The Labute approximate surface area is 107 Å². The number of non-ortho nitro benzene ring substituents is 1. The van der Waals surface area contributed by atoms with Crippen LogP contribution in [0.25, 0.3) is 0 Å². The van der Waals surface area contributed by atoms with E-state index < -0.39 is 11.0 Å². The van der Waals surface area contributed by atoms with Crippen molar-refractivity contribution < 1.29 is 9.66 Å². The number of hydrogen-bond acceptors (Lipinski definition) is 4. The zero-order chi connectivity index (χ0) is 13.0. The van der Waals surface area contributed by atoms with Crippen LogP contribution in [-0.2, 0) is 0 Å². The normalized spacial score (nSPS) is 11.9. The fraction of sp³-hybridized carbons (Fsp3) is 0.300. The topological polar surface area (TPSA) is 102 Å². The summed E-state index contributed by atoms with van der Waals surface area (Å²) < 4.78 is 6.03. The molecule has 1 rings (SSSR count). The Bertz CT molecular complexity index is 450. The first kappa shape index (κ1) is 13.4. The third-order valence-corrected chi connectivity index (χ3v) is 2.77. The van der Waals surface area contributed by atoms with Crippen LogP contribution in [0.5, 0.6) is 5.75 Å². The average molecular weight is 302 g/mol. The van der Waals surface area contributed by atoms with E-state index in [-0.39, 0.29) is 11.5 Å². The first-order valence-electron chi connectivity index (χ1n) is 4.90. The van der Waals surface area contributed by atoms with Gasteiger partial charge >= 0.3 is 0 Å². The molecular formula is C10H12BrN3O3. The highest BCUT2D eigenvalue weighted by atomic mass is 79.9. The van der Waals surface area contributed by atoms with Gasteiger partial charge in [-0.25, -0.2) is 0 Å². The first-order valence-corrected chi connectivity index (χ1v) is 5.69. The lowest BCUT2D eigenvalue weighted by molar-refractivity contribution is -0.385. The number of halogens is 1. The Morgan fingerprint density at radius 1 is 1.71 bits per heavy atom. The number of rotatable bonds is 5. The lowest BCUT2D eigenvalue weighted by Gasteiger charge is -2.16. The van der Waals surface area contributed by atoms with Crippen LogP contribution >= 0.6 is 15.9 Å². The monoisotopic (exact) mass is 301 g/mol. The number of benzene rings is 1. The van der Waals surface area contributed by atoms with Crippen LogP contribution in [-0.4, -0.2) is 16.9 Å². The Kier molecular flexibility index (Phi) is 4.45. The molecule has 0 aromatic heterocycles. The molecule has 6 nitrogen and oxygen atoms in total. The van der Waals surface area contributed by atoms with E-state index in [2.05, 4.69) is 15.9 Å². The molecule has 0 saturated carbocycles. The van der Waals surface area contributed by atoms with Gasteiger partial charge < -0.3 is 10.5 Å². The number of nitro benzene ring substituents is 1. The van der Waals surface area contributed by atoms with Crippen molar-refractivity contribution in [1.29, 1.82) is 5.41 Å². The molecule has 1 unspecified atom stereocenters. The van der Waals surface area contributed by atoms with Crippen LogP contribution in [0.15, 0.2) is 22.7 Å². The van der Waals surface area contributed by atoms with Gasteiger partial charge in [0.25, 0.3) is 5.69 Å². The van der Waals surface area contributed by atoms with E-state index in [0.29, 0.717) is 16.6 Å². The van der Waals surface area contributed by atoms with Crippen molar-refractivity contribution in [2.24, 2.45) is 5.73 Å². The Morgan fingerprint density at radius 2 is 2.35 bits per heavy atom. The second-order valence-corrected chi connectivity index (χ2v) is 4.20. The Morgan fingerprint density at radius 3 is 2.82 bits per heavy atom. The summed E-state index contributed by atoms with van der Waals surface area (Å²) in [6.45, 7) is 1.82. The molecule has 92 valence electrons. The summed E-state index contributed by atoms with van der Waals surface area (Å²) in [6.07, 6.45) is -0.0573. The molecular weight excluding hydrogens is 290 g/mol. The van der Waals surface area contributed by atoms with Gasteiger partial charge in [0.2, 0.25) is 0 Å². The van der Waals surface area contributed by atoms with Crippen molar-refractivity contribution in [3.8, 4) is 5.75 Å². The standard InChI is InChI=1S/C10H12BrN3O3/c1-2-8(10(12)13)17-9-5-6(14(15)16)3-4-7(9)11/h3-5,8H,2H2,1H3,(H3,12,13). The lowest BCUT2D eigenvalue weighted by atomic mass is 10.2. The van der Waals surface area contributed by atoms with Gasteiger partial charge in [0.15, 0.2) is 6.10 Å². The van der Waals surface area contributed by atoms with E-state index in [1.54, 1.807) is 0 Å². The molecule has 0 aliphatic carbocycles. The third kappa shape index (κ3) is 3.42. The van der Waals surface area contributed by atoms with E-state index in [1.807, 2.05) is 6.92 Å². The van der Waals surface area contributed by atoms with Gasteiger partial charge in [-0.3, -0.25) is 15.5 Å². The highest BCUT2D eigenvalue weighted by Crippen LogP contribution is 2.30. The second kappa shape index (κ2) is 5.62. The van der Waals surface area contributed by atoms with Gasteiger partial charge in [0.05, 0.1) is 15.5 Å². The second-order valence-electron chi connectivity index (χ2n) is 3.34. The molecule has 0 fully saturated rings. The molecule has 1 aromatic rings. The predicted octanol–water partition coefficient (Wildman–Crippen LogP) is 2.45. The largest absolute Gasteiger partial charge is 0.481 e. The average Bonchev–Trinajstić information content (AvgIpc) is 2.27. The maximum absolute atomic E-state index is 10.6. The number of ether oxygens (including phenoxy) is 1. The number of nitrogens with two attached hydrogens (primary N) is 1. The molecule has 1 atom stereocenters. The smallest absolute Gasteiger partial charge is 0.273 e. The molecule has 7 heteroatoms. The van der Waals surface area contributed by atoms with E-state index in [9.17, 15) is 10.1 Å². The van der Waals surface area contributed by atoms with Crippen molar-refractivity contribution in [3.63, 3.8) is 0 Å². The van der Waals surface area contributed by atoms with Crippen molar-refractivity contribution in [3.05, 3.63) is 32.8 Å². The fourth-order valence-electron chi connectivity index (χ4n) is 1.22. The summed E-state index contributed by atoms with van der Waals surface area (Å²) in [5.74, 6) is 0.201. The van der Waals surface area contributed by atoms with E-state index >= 15 is 0 Å². The number of nitro groups is 1. The van der Waals surface area contributed by atoms with Crippen LogP contribution in [0, 0.1) is 15.5 Å². The van der Waals surface area contributed by atoms with E-state index in [4.69, 9.17) is 15.9 Å².